The first-order valence-electron chi connectivity index (χ1n) is 9.04. The number of rotatable bonds is 15. The Balaban J connectivity index is 4.41. The Kier molecular flexibility index (Phi) is 12.6. The zero-order chi connectivity index (χ0) is 18.4. The summed E-state index contributed by atoms with van der Waals surface area (Å²) in [5, 5.41) is 8.59. The number of carbonyl (C=O) groups excluding carboxylic acids is 1. The van der Waals surface area contributed by atoms with Crippen molar-refractivity contribution in [3.63, 3.8) is 0 Å². The van der Waals surface area contributed by atoms with E-state index in [0.717, 1.165) is 25.7 Å². The molecule has 1 atom stereocenters. The molecule has 0 heterocycles. The van der Waals surface area contributed by atoms with Gasteiger partial charge in [0.25, 0.3) is 0 Å². The summed E-state index contributed by atoms with van der Waals surface area (Å²) in [6.07, 6.45) is 4.59. The highest BCUT2D eigenvalue weighted by Crippen LogP contribution is 2.22. The monoisotopic (exact) mass is 346 g/mol. The molecular formula is C18H34O6. The standard InChI is InChI=1S/C18H34O6/c1-5-7-13-22-18(4,23-14-8-6-2)15(3)24-17(21)12-10-9-11-16(19)20/h15H,5-14H2,1-4H3,(H,19,20). The van der Waals surface area contributed by atoms with E-state index in [0.29, 0.717) is 26.1 Å². The van der Waals surface area contributed by atoms with E-state index < -0.39 is 17.9 Å². The Labute approximate surface area is 145 Å². The molecule has 0 bridgehead atoms. The molecule has 6 heteroatoms. The van der Waals surface area contributed by atoms with Crippen molar-refractivity contribution in [2.24, 2.45) is 0 Å². The van der Waals surface area contributed by atoms with Crippen LogP contribution in [0, 0.1) is 0 Å². The number of esters is 1. The van der Waals surface area contributed by atoms with Gasteiger partial charge in [-0.2, -0.15) is 0 Å². The van der Waals surface area contributed by atoms with E-state index in [4.69, 9.17) is 19.3 Å². The summed E-state index contributed by atoms with van der Waals surface area (Å²) in [6, 6.07) is 0. The van der Waals surface area contributed by atoms with E-state index >= 15 is 0 Å². The maximum absolute atomic E-state index is 11.9. The minimum absolute atomic E-state index is 0.0702. The van der Waals surface area contributed by atoms with Gasteiger partial charge in [-0.1, -0.05) is 26.7 Å². The molecule has 0 saturated carbocycles. The molecule has 0 aromatic rings. The number of hydrogen-bond acceptors (Lipinski definition) is 5. The van der Waals surface area contributed by atoms with Crippen molar-refractivity contribution in [3.05, 3.63) is 0 Å². The second-order valence-electron chi connectivity index (χ2n) is 6.15. The third-order valence-electron chi connectivity index (χ3n) is 3.84. The Morgan fingerprint density at radius 2 is 1.46 bits per heavy atom. The van der Waals surface area contributed by atoms with E-state index in [2.05, 4.69) is 13.8 Å². The largest absolute Gasteiger partial charge is 0.481 e. The predicted molar refractivity (Wildman–Crippen MR) is 91.8 cm³/mol. The quantitative estimate of drug-likeness (QED) is 0.275. The van der Waals surface area contributed by atoms with Crippen molar-refractivity contribution < 1.29 is 28.9 Å². The van der Waals surface area contributed by atoms with E-state index in [1.807, 2.05) is 0 Å². The Morgan fingerprint density at radius 1 is 0.958 bits per heavy atom. The third-order valence-corrected chi connectivity index (χ3v) is 3.84. The molecule has 0 saturated heterocycles. The Bertz CT molecular complexity index is 345. The van der Waals surface area contributed by atoms with Crippen LogP contribution in [0.25, 0.3) is 0 Å². The SMILES string of the molecule is CCCCOC(C)(OCCCC)C(C)OC(=O)CCCCC(=O)O. The minimum Gasteiger partial charge on any atom is -0.481 e. The van der Waals surface area contributed by atoms with E-state index in [-0.39, 0.29) is 18.8 Å². The van der Waals surface area contributed by atoms with Gasteiger partial charge in [-0.25, -0.2) is 0 Å². The number of carboxylic acid groups (broad SMARTS) is 1. The summed E-state index contributed by atoms with van der Waals surface area (Å²) >= 11 is 0. The first-order valence-corrected chi connectivity index (χ1v) is 9.04. The van der Waals surface area contributed by atoms with Gasteiger partial charge in [0, 0.05) is 12.8 Å². The molecule has 0 aromatic carbocycles. The Hall–Kier alpha value is -1.14. The number of carboxylic acids is 1. The van der Waals surface area contributed by atoms with Crippen LogP contribution in [-0.2, 0) is 23.8 Å². The summed E-state index contributed by atoms with van der Waals surface area (Å²) in [5.41, 5.74) is 0. The lowest BCUT2D eigenvalue weighted by Crippen LogP contribution is -2.46. The molecule has 0 fully saturated rings. The number of ether oxygens (including phenoxy) is 3. The molecule has 0 amide bonds. The number of carbonyl (C=O) groups is 2. The highest BCUT2D eigenvalue weighted by molar-refractivity contribution is 5.70. The molecule has 0 aliphatic heterocycles. The van der Waals surface area contributed by atoms with Gasteiger partial charge in [-0.3, -0.25) is 9.59 Å². The van der Waals surface area contributed by atoms with Crippen molar-refractivity contribution >= 4 is 11.9 Å². The van der Waals surface area contributed by atoms with Gasteiger partial charge >= 0.3 is 11.9 Å². The first kappa shape index (κ1) is 22.9. The second-order valence-corrected chi connectivity index (χ2v) is 6.15. The van der Waals surface area contributed by atoms with Crippen molar-refractivity contribution in [1.82, 2.24) is 0 Å². The van der Waals surface area contributed by atoms with Gasteiger partial charge < -0.3 is 19.3 Å². The van der Waals surface area contributed by atoms with Gasteiger partial charge in [0.2, 0.25) is 5.79 Å². The first-order chi connectivity index (χ1) is 11.4. The van der Waals surface area contributed by atoms with Gasteiger partial charge in [0.05, 0.1) is 13.2 Å². The summed E-state index contributed by atoms with van der Waals surface area (Å²) in [7, 11) is 0. The van der Waals surface area contributed by atoms with Crippen LogP contribution in [0.15, 0.2) is 0 Å². The fourth-order valence-corrected chi connectivity index (χ4v) is 2.02. The normalized spacial score (nSPS) is 12.8. The number of hydrogen-bond donors (Lipinski definition) is 1. The van der Waals surface area contributed by atoms with Crippen LogP contribution in [0.1, 0.15) is 79.1 Å². The molecule has 142 valence electrons. The molecule has 1 N–H and O–H groups in total. The van der Waals surface area contributed by atoms with Crippen LogP contribution in [0.5, 0.6) is 0 Å². The van der Waals surface area contributed by atoms with Crippen molar-refractivity contribution in [3.8, 4) is 0 Å². The van der Waals surface area contributed by atoms with Crippen LogP contribution >= 0.6 is 0 Å². The molecule has 0 aromatic heterocycles. The molecule has 1 unspecified atom stereocenters. The zero-order valence-corrected chi connectivity index (χ0v) is 15.6. The molecule has 0 radical (unpaired) electrons. The lowest BCUT2D eigenvalue weighted by atomic mass is 10.1. The molecule has 0 spiro atoms. The van der Waals surface area contributed by atoms with Crippen LogP contribution in [0.4, 0.5) is 0 Å². The van der Waals surface area contributed by atoms with Crippen molar-refractivity contribution in [2.45, 2.75) is 91.0 Å². The topological polar surface area (TPSA) is 82.1 Å². The summed E-state index contributed by atoms with van der Waals surface area (Å²) < 4.78 is 17.2. The van der Waals surface area contributed by atoms with Crippen LogP contribution < -0.4 is 0 Å². The average Bonchev–Trinajstić information content (AvgIpc) is 2.52. The molecular weight excluding hydrogens is 312 g/mol. The van der Waals surface area contributed by atoms with Crippen LogP contribution in [-0.4, -0.2) is 42.1 Å². The number of unbranched alkanes of at least 4 members (excludes halogenated alkanes) is 3. The molecule has 24 heavy (non-hydrogen) atoms. The van der Waals surface area contributed by atoms with E-state index in [1.54, 1.807) is 13.8 Å². The van der Waals surface area contributed by atoms with Gasteiger partial charge in [0.1, 0.15) is 0 Å². The fraction of sp³-hybridized carbons (Fsp3) is 0.889. The van der Waals surface area contributed by atoms with Crippen molar-refractivity contribution in [1.29, 1.82) is 0 Å². The van der Waals surface area contributed by atoms with E-state index in [9.17, 15) is 9.59 Å². The van der Waals surface area contributed by atoms with Gasteiger partial charge in [-0.15, -0.1) is 0 Å². The fourth-order valence-electron chi connectivity index (χ4n) is 2.02. The molecule has 0 aliphatic carbocycles. The maximum atomic E-state index is 11.9. The third kappa shape index (κ3) is 10.6. The molecule has 0 aliphatic rings. The highest BCUT2D eigenvalue weighted by atomic mass is 16.7. The Morgan fingerprint density at radius 3 is 1.92 bits per heavy atom. The number of aliphatic carboxylic acids is 1. The smallest absolute Gasteiger partial charge is 0.306 e. The van der Waals surface area contributed by atoms with E-state index in [1.165, 1.54) is 0 Å². The molecule has 0 rings (SSSR count). The molecule has 6 nitrogen and oxygen atoms in total. The predicted octanol–water partition coefficient (Wildman–Crippen LogP) is 3.91. The average molecular weight is 346 g/mol. The summed E-state index contributed by atoms with van der Waals surface area (Å²) in [4.78, 5) is 22.4. The summed E-state index contributed by atoms with van der Waals surface area (Å²) in [6.45, 7) is 8.85. The van der Waals surface area contributed by atoms with Crippen LogP contribution in [0.3, 0.4) is 0 Å². The minimum atomic E-state index is -0.957. The summed E-state index contributed by atoms with van der Waals surface area (Å²) in [5.74, 6) is -2.16. The second kappa shape index (κ2) is 13.2. The van der Waals surface area contributed by atoms with Crippen LogP contribution in [0.2, 0.25) is 0 Å². The maximum Gasteiger partial charge on any atom is 0.306 e. The van der Waals surface area contributed by atoms with Crippen molar-refractivity contribution in [2.75, 3.05) is 13.2 Å². The lowest BCUT2D eigenvalue weighted by molar-refractivity contribution is -0.274. The highest BCUT2D eigenvalue weighted by Gasteiger charge is 2.36. The van der Waals surface area contributed by atoms with Gasteiger partial charge in [0.15, 0.2) is 6.10 Å². The zero-order valence-electron chi connectivity index (χ0n) is 15.6. The lowest BCUT2D eigenvalue weighted by Gasteiger charge is -2.35. The van der Waals surface area contributed by atoms with Gasteiger partial charge in [-0.05, 0) is 39.5 Å².